The number of aryl methyl sites for hydroxylation is 1. The smallest absolute Gasteiger partial charge is 0.176 e. The predicted octanol–water partition coefficient (Wildman–Crippen LogP) is 2.97. The molecule has 4 rings (SSSR count). The molecule has 0 N–H and O–H groups in total. The first-order valence-electron chi connectivity index (χ1n) is 8.62. The molecule has 2 aliphatic carbocycles. The van der Waals surface area contributed by atoms with E-state index in [1.807, 2.05) is 42.9 Å². The molecule has 2 aromatic heterocycles. The van der Waals surface area contributed by atoms with Crippen molar-refractivity contribution >= 4 is 5.78 Å². The lowest BCUT2D eigenvalue weighted by Gasteiger charge is -2.44. The highest BCUT2D eigenvalue weighted by molar-refractivity contribution is 6.02. The molecule has 0 bridgehead atoms. The number of allylic oxidation sites excluding steroid dienone is 2. The van der Waals surface area contributed by atoms with Crippen molar-refractivity contribution in [3.8, 4) is 17.5 Å². The first-order chi connectivity index (χ1) is 12.0. The molecule has 2 aliphatic rings. The normalized spacial score (nSPS) is 27.9. The fourth-order valence-electron chi connectivity index (χ4n) is 4.67. The third-order valence-electron chi connectivity index (χ3n) is 5.89. The Morgan fingerprint density at radius 1 is 1.40 bits per heavy atom. The molecule has 3 atom stereocenters. The van der Waals surface area contributed by atoms with E-state index < -0.39 is 5.41 Å². The molecular formula is C20H20N4O. The summed E-state index contributed by atoms with van der Waals surface area (Å²) < 4.78 is 1.89. The van der Waals surface area contributed by atoms with Crippen LogP contribution in [0.1, 0.15) is 31.5 Å². The second-order valence-electron chi connectivity index (χ2n) is 7.26. The predicted molar refractivity (Wildman–Crippen MR) is 93.5 cm³/mol. The van der Waals surface area contributed by atoms with Crippen LogP contribution in [0, 0.1) is 23.2 Å². The number of carbonyl (C=O) groups is 1. The average molecular weight is 332 g/mol. The molecular weight excluding hydrogens is 312 g/mol. The van der Waals surface area contributed by atoms with Gasteiger partial charge in [-0.05, 0) is 30.9 Å². The molecule has 0 fully saturated rings. The summed E-state index contributed by atoms with van der Waals surface area (Å²) >= 11 is 0. The molecule has 2 heterocycles. The van der Waals surface area contributed by atoms with Crippen molar-refractivity contribution in [2.75, 3.05) is 0 Å². The first kappa shape index (κ1) is 15.8. The number of fused-ring (bicyclic) bond motifs is 3. The number of hydrogen-bond donors (Lipinski definition) is 0. The zero-order valence-corrected chi connectivity index (χ0v) is 14.7. The van der Waals surface area contributed by atoms with Crippen molar-refractivity contribution in [1.29, 1.82) is 5.26 Å². The monoisotopic (exact) mass is 332 g/mol. The van der Waals surface area contributed by atoms with Gasteiger partial charge in [0, 0.05) is 30.1 Å². The number of nitrogens with zero attached hydrogens (tertiary/aromatic N) is 4. The molecule has 2 aromatic rings. The standard InChI is InChI=1S/C20H20N4O/c1-12-15-8-7-14-17(16-6-4-5-9-22-16)24(3)23-19(14)20(15,2)10-13(11-21)18(12)25/h4-6,9-10,12,15H,7-8H2,1-3H3. The van der Waals surface area contributed by atoms with Crippen molar-refractivity contribution in [2.24, 2.45) is 18.9 Å². The molecule has 126 valence electrons. The van der Waals surface area contributed by atoms with Crippen LogP contribution < -0.4 is 0 Å². The Hall–Kier alpha value is -2.74. The lowest BCUT2D eigenvalue weighted by molar-refractivity contribution is -0.121. The lowest BCUT2D eigenvalue weighted by atomic mass is 9.58. The van der Waals surface area contributed by atoms with Crippen molar-refractivity contribution in [1.82, 2.24) is 14.8 Å². The van der Waals surface area contributed by atoms with Gasteiger partial charge < -0.3 is 0 Å². The van der Waals surface area contributed by atoms with E-state index in [2.05, 4.69) is 18.0 Å². The minimum absolute atomic E-state index is 0.0331. The van der Waals surface area contributed by atoms with Crippen LogP contribution in [0.15, 0.2) is 36.0 Å². The number of carbonyl (C=O) groups excluding carboxylic acids is 1. The maximum atomic E-state index is 12.4. The van der Waals surface area contributed by atoms with Gasteiger partial charge in [-0.1, -0.05) is 26.0 Å². The van der Waals surface area contributed by atoms with Crippen molar-refractivity contribution in [2.45, 2.75) is 32.1 Å². The second kappa shape index (κ2) is 5.38. The van der Waals surface area contributed by atoms with Crippen LogP contribution in [0.2, 0.25) is 0 Å². The summed E-state index contributed by atoms with van der Waals surface area (Å²) in [4.78, 5) is 16.9. The van der Waals surface area contributed by atoms with Crippen LogP contribution in [0.5, 0.6) is 0 Å². The Balaban J connectivity index is 1.94. The van der Waals surface area contributed by atoms with Crippen molar-refractivity contribution < 1.29 is 4.79 Å². The summed E-state index contributed by atoms with van der Waals surface area (Å²) in [5, 5.41) is 14.2. The summed E-state index contributed by atoms with van der Waals surface area (Å²) in [5.41, 5.74) is 3.99. The molecule has 3 unspecified atom stereocenters. The number of rotatable bonds is 1. The summed E-state index contributed by atoms with van der Waals surface area (Å²) in [6.45, 7) is 4.06. The Bertz CT molecular complexity index is 935. The van der Waals surface area contributed by atoms with E-state index in [0.717, 1.165) is 29.9 Å². The topological polar surface area (TPSA) is 71.6 Å². The Morgan fingerprint density at radius 2 is 2.20 bits per heavy atom. The summed E-state index contributed by atoms with van der Waals surface area (Å²) in [6.07, 6.45) is 5.43. The summed E-state index contributed by atoms with van der Waals surface area (Å²) in [7, 11) is 1.94. The molecule has 0 saturated heterocycles. The van der Waals surface area contributed by atoms with Gasteiger partial charge in [0.1, 0.15) is 6.07 Å². The third-order valence-corrected chi connectivity index (χ3v) is 5.89. The highest BCUT2D eigenvalue weighted by Crippen LogP contribution is 2.50. The number of nitriles is 1. The van der Waals surface area contributed by atoms with Gasteiger partial charge in [-0.3, -0.25) is 14.5 Å². The third kappa shape index (κ3) is 2.10. The highest BCUT2D eigenvalue weighted by Gasteiger charge is 2.50. The van der Waals surface area contributed by atoms with E-state index in [9.17, 15) is 10.1 Å². The molecule has 0 amide bonds. The number of pyridine rings is 1. The molecule has 25 heavy (non-hydrogen) atoms. The average Bonchev–Trinajstić information content (AvgIpc) is 2.96. The Morgan fingerprint density at radius 3 is 2.88 bits per heavy atom. The molecule has 0 aromatic carbocycles. The minimum atomic E-state index is -0.392. The largest absolute Gasteiger partial charge is 0.293 e. The molecule has 0 radical (unpaired) electrons. The van der Waals surface area contributed by atoms with Gasteiger partial charge in [0.25, 0.3) is 0 Å². The zero-order valence-electron chi connectivity index (χ0n) is 14.7. The number of ketones is 1. The van der Waals surface area contributed by atoms with Crippen LogP contribution in [-0.2, 0) is 23.7 Å². The Labute approximate surface area is 147 Å². The summed E-state index contributed by atoms with van der Waals surface area (Å²) in [6, 6.07) is 7.97. The van der Waals surface area contributed by atoms with Crippen LogP contribution in [0.3, 0.4) is 0 Å². The van der Waals surface area contributed by atoms with E-state index in [0.29, 0.717) is 0 Å². The maximum Gasteiger partial charge on any atom is 0.176 e. The SMILES string of the molecule is CC1C(=O)C(C#N)=CC2(C)c3nn(C)c(-c4ccccn4)c3CCC12. The van der Waals surface area contributed by atoms with E-state index in [1.165, 1.54) is 5.56 Å². The number of hydrogen-bond acceptors (Lipinski definition) is 4. The van der Waals surface area contributed by atoms with Gasteiger partial charge >= 0.3 is 0 Å². The van der Waals surface area contributed by atoms with Gasteiger partial charge in [0.2, 0.25) is 0 Å². The van der Waals surface area contributed by atoms with E-state index in [4.69, 9.17) is 5.10 Å². The van der Waals surface area contributed by atoms with Crippen LogP contribution in [0.4, 0.5) is 0 Å². The van der Waals surface area contributed by atoms with E-state index in [1.54, 1.807) is 6.20 Å². The molecule has 5 heteroatoms. The Kier molecular flexibility index (Phi) is 3.40. The van der Waals surface area contributed by atoms with Gasteiger partial charge in [-0.15, -0.1) is 0 Å². The van der Waals surface area contributed by atoms with Crippen LogP contribution >= 0.6 is 0 Å². The lowest BCUT2D eigenvalue weighted by Crippen LogP contribution is -2.45. The van der Waals surface area contributed by atoms with Crippen LogP contribution in [-0.4, -0.2) is 20.5 Å². The van der Waals surface area contributed by atoms with Gasteiger partial charge in [0.05, 0.1) is 22.7 Å². The minimum Gasteiger partial charge on any atom is -0.293 e. The van der Waals surface area contributed by atoms with Crippen LogP contribution in [0.25, 0.3) is 11.4 Å². The first-order valence-corrected chi connectivity index (χ1v) is 8.62. The molecule has 0 saturated carbocycles. The van der Waals surface area contributed by atoms with Crippen molar-refractivity contribution in [3.05, 3.63) is 47.3 Å². The highest BCUT2D eigenvalue weighted by atomic mass is 16.1. The molecule has 5 nitrogen and oxygen atoms in total. The van der Waals surface area contributed by atoms with Gasteiger partial charge in [-0.25, -0.2) is 0 Å². The quantitative estimate of drug-likeness (QED) is 0.805. The molecule has 0 aliphatic heterocycles. The fourth-order valence-corrected chi connectivity index (χ4v) is 4.67. The summed E-state index contributed by atoms with van der Waals surface area (Å²) in [5.74, 6) is -0.0107. The van der Waals surface area contributed by atoms with Gasteiger partial charge in [0.15, 0.2) is 5.78 Å². The fraction of sp³-hybridized carbons (Fsp3) is 0.400. The molecule has 0 spiro atoms. The second-order valence-corrected chi connectivity index (χ2v) is 7.26. The van der Waals surface area contributed by atoms with Gasteiger partial charge in [-0.2, -0.15) is 10.4 Å². The zero-order chi connectivity index (χ0) is 17.8. The number of aromatic nitrogens is 3. The van der Waals surface area contributed by atoms with Crippen molar-refractivity contribution in [3.63, 3.8) is 0 Å². The van der Waals surface area contributed by atoms with E-state index >= 15 is 0 Å². The van der Waals surface area contributed by atoms with E-state index in [-0.39, 0.29) is 23.2 Å². The number of Topliss-reactive ketones (excluding diaryl/α,β-unsaturated/α-hetero) is 1. The maximum absolute atomic E-state index is 12.4.